The fourth-order valence-electron chi connectivity index (χ4n) is 12.5. The predicted octanol–water partition coefficient (Wildman–Crippen LogP) is 17.4. The highest BCUT2D eigenvalue weighted by atomic mass is 19.1. The largest absolute Gasteiger partial charge is 0.373 e. The molecule has 112 heavy (non-hydrogen) atoms. The number of hydrogen-bond acceptors (Lipinski definition) is 20. The summed E-state index contributed by atoms with van der Waals surface area (Å²) in [5.74, 6) is 3.15. The second kappa shape index (κ2) is 32.8. The van der Waals surface area contributed by atoms with E-state index >= 15 is 0 Å². The van der Waals surface area contributed by atoms with E-state index in [1.807, 2.05) is 148 Å². The van der Waals surface area contributed by atoms with Gasteiger partial charge in [0.05, 0.1) is 67.9 Å². The smallest absolute Gasteiger partial charge is 0.191 e. The minimum Gasteiger partial charge on any atom is -0.373 e. The summed E-state index contributed by atoms with van der Waals surface area (Å²) in [6.07, 6.45) is 17.7. The molecule has 0 bridgehead atoms. The first-order valence-electron chi connectivity index (χ1n) is 34.8. The Kier molecular flexibility index (Phi) is 21.8. The summed E-state index contributed by atoms with van der Waals surface area (Å²) >= 11 is 0. The van der Waals surface area contributed by atoms with E-state index in [2.05, 4.69) is 98.2 Å². The first-order chi connectivity index (χ1) is 54.4. The van der Waals surface area contributed by atoms with Gasteiger partial charge in [0.2, 0.25) is 0 Å². The van der Waals surface area contributed by atoms with Gasteiger partial charge in [-0.2, -0.15) is 21.0 Å². The van der Waals surface area contributed by atoms with Crippen LogP contribution in [0.5, 0.6) is 0 Å². The molecule has 10 aromatic heterocycles. The van der Waals surface area contributed by atoms with Gasteiger partial charge in [-0.05, 0) is 193 Å². The molecule has 0 atom stereocenters. The van der Waals surface area contributed by atoms with Crippen molar-refractivity contribution in [2.45, 2.75) is 13.8 Å². The van der Waals surface area contributed by atoms with Crippen molar-refractivity contribution < 1.29 is 8.78 Å². The third kappa shape index (κ3) is 15.9. The van der Waals surface area contributed by atoms with Crippen LogP contribution >= 0.6 is 0 Å². The van der Waals surface area contributed by atoms with Gasteiger partial charge in [-0.25, -0.2) is 48.7 Å². The molecule has 0 saturated heterocycles. The number of halogens is 2. The molecule has 24 heteroatoms. The van der Waals surface area contributed by atoms with Crippen molar-refractivity contribution >= 4 is 69.1 Å². The van der Waals surface area contributed by atoms with E-state index in [1.165, 1.54) is 42.6 Å². The van der Waals surface area contributed by atoms with Gasteiger partial charge in [0, 0.05) is 145 Å². The lowest BCUT2D eigenvalue weighted by atomic mass is 9.95. The second-order valence-electron chi connectivity index (χ2n) is 25.5. The number of aromatic amines is 2. The van der Waals surface area contributed by atoms with Gasteiger partial charge in [-0.3, -0.25) is 9.59 Å². The van der Waals surface area contributed by atoms with Gasteiger partial charge in [0.25, 0.3) is 0 Å². The van der Waals surface area contributed by atoms with Crippen LogP contribution in [0, 0.1) is 70.8 Å². The molecule has 0 unspecified atom stereocenters. The lowest BCUT2D eigenvalue weighted by molar-refractivity contribution is 0.623. The molecule has 0 aliphatic carbocycles. The van der Waals surface area contributed by atoms with E-state index < -0.39 is 11.6 Å². The molecule has 14 aromatic rings. The number of allylic oxidation sites excluding steroid dienone is 2. The third-order valence-corrected chi connectivity index (χ3v) is 18.4. The normalized spacial score (nSPS) is 11.4. The maximum absolute atomic E-state index is 13.8. The highest BCUT2D eigenvalue weighted by Gasteiger charge is 2.23. The Morgan fingerprint density at radius 1 is 0.366 bits per heavy atom. The zero-order valence-corrected chi connectivity index (χ0v) is 61.1. The molecule has 8 N–H and O–H groups in total. The average Bonchev–Trinajstić information content (AvgIpc) is 0.789. The van der Waals surface area contributed by atoms with Crippen molar-refractivity contribution in [3.05, 3.63) is 308 Å². The summed E-state index contributed by atoms with van der Waals surface area (Å²) in [6, 6.07) is 54.2. The monoisotopic (exact) mass is 1470 g/mol. The van der Waals surface area contributed by atoms with Crippen molar-refractivity contribution in [1.29, 1.82) is 21.0 Å². The number of aryl methyl sites for hydroxylation is 2. The van der Waals surface area contributed by atoms with Gasteiger partial charge in [0.1, 0.15) is 70.0 Å². The summed E-state index contributed by atoms with van der Waals surface area (Å²) in [4.78, 5) is 66.7. The zero-order valence-electron chi connectivity index (χ0n) is 61.1. The number of anilines is 6. The van der Waals surface area contributed by atoms with E-state index in [1.54, 1.807) is 76.4 Å². The standard InChI is InChI=1S/C23H19N5.C22H16FN5.C22H17N5O.C21H14FN5O/c1-14-4-6-17(10-19(14)13-24)22-20(16-8-9-26-21(12-16)25-3)11-18-7-5-15(2)27-23(18)28-22;1-13-3-4-16-10-18(14-7-8-26-20(11-14)25-2)21(28-22(16)27-13)15-5-6-19(23)17(9-15)12-24;1-13-3-4-15(9-16(13)12-23)21-17(14-5-7-25-20(10-14)24-2)11-18-19(28)6-8-26-22(18)27-21;1-24-19-9-12(4-6-25-19)15-10-16-18(28)5-7-26-21(16)27-20(15)13-2-3-17(22)14(8-13)11-23/h4-12H,2H2,1,3H3,(H,25,26)(H,27,28);3-11H,1H2,2H3,(H,25,26)(H,27,28);3-11H,1-2H3,(H,24,25)(H,26,27,28);2-10H,1H3,(H,24,25)(H,26,27,28). The van der Waals surface area contributed by atoms with Gasteiger partial charge >= 0.3 is 0 Å². The van der Waals surface area contributed by atoms with Crippen LogP contribution in [0.3, 0.4) is 0 Å². The summed E-state index contributed by atoms with van der Waals surface area (Å²) < 4.78 is 27.6. The highest BCUT2D eigenvalue weighted by Crippen LogP contribution is 2.41. The maximum atomic E-state index is 13.8. The van der Waals surface area contributed by atoms with E-state index in [-0.39, 0.29) is 22.0 Å². The van der Waals surface area contributed by atoms with Gasteiger partial charge in [-0.1, -0.05) is 37.4 Å². The Balaban J connectivity index is 0.000000131. The fourth-order valence-corrected chi connectivity index (χ4v) is 12.5. The van der Waals surface area contributed by atoms with E-state index in [0.717, 1.165) is 107 Å². The Morgan fingerprint density at radius 2 is 0.679 bits per heavy atom. The topological polar surface area (TPSA) is 336 Å². The number of aromatic nitrogens is 10. The van der Waals surface area contributed by atoms with Crippen molar-refractivity contribution in [3.63, 3.8) is 0 Å². The van der Waals surface area contributed by atoms with Crippen molar-refractivity contribution in [1.82, 2.24) is 49.8 Å². The van der Waals surface area contributed by atoms with Gasteiger partial charge in [0.15, 0.2) is 10.9 Å². The SMILES string of the molecule is C=C1C=Cc2cc(-c3ccnc(NC)c3)c(-c3ccc(C)c(C#N)c3)nc2N1.C=C1C=Cc2cc(-c3ccnc(NC)c3)c(-c3ccc(F)c(C#N)c3)nc2N1.CNc1cc(-c2cc3c(=O)cc[nH]c3nc2-c2ccc(C)c(C#N)c2)ccn1.CNc1cc(-c2cc3c(=O)cc[nH]c3nc2-c2ccc(F)c(C#N)c2)ccn1. The third-order valence-electron chi connectivity index (χ3n) is 18.4. The molecule has 0 spiro atoms. The number of nitrogens with zero attached hydrogens (tertiary/aromatic N) is 12. The lowest BCUT2D eigenvalue weighted by Crippen LogP contribution is -2.06. The Labute approximate surface area is 641 Å². The fraction of sp³-hybridized carbons (Fsp3) is 0.0682. The second-order valence-corrected chi connectivity index (χ2v) is 25.5. The molecule has 22 nitrogen and oxygen atoms in total. The highest BCUT2D eigenvalue weighted by molar-refractivity contribution is 5.94. The number of pyridine rings is 10. The molecular formula is C88H66F2N20O2. The van der Waals surface area contributed by atoms with Crippen molar-refractivity contribution in [2.75, 3.05) is 60.1 Å². The van der Waals surface area contributed by atoms with Gasteiger partial charge < -0.3 is 41.9 Å². The molecule has 0 amide bonds. The van der Waals surface area contributed by atoms with E-state index in [4.69, 9.17) is 15.0 Å². The van der Waals surface area contributed by atoms with Crippen LogP contribution in [0.25, 0.3) is 124 Å². The minimum atomic E-state index is -0.594. The number of hydrogen-bond donors (Lipinski definition) is 8. The molecule has 0 saturated carbocycles. The number of nitrogens with one attached hydrogen (secondary N) is 8. The van der Waals surface area contributed by atoms with Crippen molar-refractivity contribution in [3.8, 4) is 114 Å². The molecule has 12 heterocycles. The van der Waals surface area contributed by atoms with Crippen LogP contribution in [0.1, 0.15) is 44.5 Å². The molecule has 4 aromatic carbocycles. The average molecular weight is 1470 g/mol. The number of H-pyrrole nitrogens is 2. The Morgan fingerprint density at radius 3 is 1.01 bits per heavy atom. The number of benzene rings is 4. The van der Waals surface area contributed by atoms with Gasteiger partial charge in [-0.15, -0.1) is 0 Å². The summed E-state index contributed by atoms with van der Waals surface area (Å²) in [5, 5.41) is 56.7. The first-order valence-corrected chi connectivity index (χ1v) is 34.8. The van der Waals surface area contributed by atoms with Crippen LogP contribution in [0.2, 0.25) is 0 Å². The molecule has 0 fully saturated rings. The van der Waals surface area contributed by atoms with Crippen molar-refractivity contribution in [2.24, 2.45) is 0 Å². The summed E-state index contributed by atoms with van der Waals surface area (Å²) in [7, 11) is 7.20. The van der Waals surface area contributed by atoms with Crippen LogP contribution in [0.15, 0.2) is 241 Å². The number of fused-ring (bicyclic) bond motifs is 4. The Hall–Kier alpha value is -15.9. The summed E-state index contributed by atoms with van der Waals surface area (Å²) in [5.41, 5.74) is 19.6. The quantitative estimate of drug-likeness (QED) is 0.0563. The Bertz CT molecular complexity index is 6120. The molecule has 544 valence electrons. The minimum absolute atomic E-state index is 0.0223. The van der Waals surface area contributed by atoms with Crippen LogP contribution in [0.4, 0.5) is 43.7 Å². The molecule has 2 aliphatic rings. The molecule has 0 radical (unpaired) electrons. The summed E-state index contributed by atoms with van der Waals surface area (Å²) in [6.45, 7) is 11.7. The van der Waals surface area contributed by atoms with Crippen LogP contribution in [-0.2, 0) is 0 Å². The van der Waals surface area contributed by atoms with Crippen LogP contribution < -0.4 is 42.8 Å². The number of nitriles is 4. The lowest BCUT2D eigenvalue weighted by Gasteiger charge is -2.19. The molecular weight excluding hydrogens is 1410 g/mol. The maximum Gasteiger partial charge on any atom is 0.191 e. The number of rotatable bonds is 12. The van der Waals surface area contributed by atoms with E-state index in [0.29, 0.717) is 84.4 Å². The van der Waals surface area contributed by atoms with E-state index in [9.17, 15) is 39.4 Å². The van der Waals surface area contributed by atoms with Crippen LogP contribution in [-0.4, -0.2) is 78.0 Å². The molecule has 16 rings (SSSR count). The predicted molar refractivity (Wildman–Crippen MR) is 438 cm³/mol. The molecule has 2 aliphatic heterocycles. The zero-order chi connectivity index (χ0) is 78.7. The first kappa shape index (κ1) is 74.4.